The zero-order valence-electron chi connectivity index (χ0n) is 19.9. The molecule has 1 aliphatic rings. The van der Waals surface area contributed by atoms with Crippen molar-refractivity contribution < 1.29 is 17.6 Å². The van der Waals surface area contributed by atoms with Gasteiger partial charge in [-0.25, -0.2) is 14.4 Å². The first-order chi connectivity index (χ1) is 17.8. The van der Waals surface area contributed by atoms with Crippen molar-refractivity contribution >= 4 is 22.9 Å². The number of nitrogens with zero attached hydrogens (tertiary/aromatic N) is 5. The van der Waals surface area contributed by atoms with Crippen molar-refractivity contribution in [1.82, 2.24) is 24.8 Å². The zero-order valence-corrected chi connectivity index (χ0v) is 19.9. The fourth-order valence-electron chi connectivity index (χ4n) is 4.29. The minimum absolute atomic E-state index is 0.0889. The van der Waals surface area contributed by atoms with Crippen LogP contribution in [0.3, 0.4) is 0 Å². The third-order valence-electron chi connectivity index (χ3n) is 6.15. The summed E-state index contributed by atoms with van der Waals surface area (Å²) in [6, 6.07) is 13.6. The van der Waals surface area contributed by atoms with E-state index in [1.54, 1.807) is 0 Å². The van der Waals surface area contributed by atoms with Crippen molar-refractivity contribution in [2.75, 3.05) is 30.3 Å². The molecule has 37 heavy (non-hydrogen) atoms. The van der Waals surface area contributed by atoms with Crippen LogP contribution in [0.5, 0.6) is 0 Å². The van der Waals surface area contributed by atoms with Gasteiger partial charge in [0.15, 0.2) is 17.0 Å². The lowest BCUT2D eigenvalue weighted by molar-refractivity contribution is -0.115. The number of benzene rings is 2. The average molecular weight is 512 g/mol. The van der Waals surface area contributed by atoms with E-state index in [1.807, 2.05) is 18.2 Å². The van der Waals surface area contributed by atoms with Crippen LogP contribution in [0, 0.1) is 5.82 Å². The molecule has 0 radical (unpaired) electrons. The maximum absolute atomic E-state index is 13.3. The highest BCUT2D eigenvalue weighted by Gasteiger charge is 2.28. The molecule has 7 nitrogen and oxygen atoms in total. The Bertz CT molecular complexity index is 1370. The summed E-state index contributed by atoms with van der Waals surface area (Å²) >= 11 is 0. The van der Waals surface area contributed by atoms with E-state index in [4.69, 9.17) is 0 Å². The van der Waals surface area contributed by atoms with E-state index < -0.39 is 18.5 Å². The molecule has 192 valence electrons. The SMILES string of the molecule is Fc1ccc(-c2cnc3nc(NCc4ccccc4CN4CCCC4)nc(NCC(F)(F)F)c3n2)cc1. The Labute approximate surface area is 211 Å². The van der Waals surface area contributed by atoms with Gasteiger partial charge < -0.3 is 10.6 Å². The molecular weight excluding hydrogens is 486 g/mol. The second-order valence-corrected chi connectivity index (χ2v) is 8.90. The summed E-state index contributed by atoms with van der Waals surface area (Å²) in [4.78, 5) is 19.8. The van der Waals surface area contributed by atoms with Gasteiger partial charge >= 0.3 is 6.18 Å². The summed E-state index contributed by atoms with van der Waals surface area (Å²) in [7, 11) is 0. The summed E-state index contributed by atoms with van der Waals surface area (Å²) in [6.07, 6.45) is -0.613. The maximum Gasteiger partial charge on any atom is 0.405 e. The topological polar surface area (TPSA) is 78.9 Å². The number of rotatable bonds is 8. The van der Waals surface area contributed by atoms with Crippen LogP contribution in [-0.4, -0.2) is 50.6 Å². The Hall–Kier alpha value is -3.86. The van der Waals surface area contributed by atoms with Crippen LogP contribution in [0.2, 0.25) is 0 Å². The first-order valence-corrected chi connectivity index (χ1v) is 12.0. The summed E-state index contributed by atoms with van der Waals surface area (Å²) in [5, 5.41) is 5.47. The second kappa shape index (κ2) is 10.6. The van der Waals surface area contributed by atoms with Crippen LogP contribution in [-0.2, 0) is 13.1 Å². The Morgan fingerprint density at radius 2 is 1.59 bits per heavy atom. The Balaban J connectivity index is 1.43. The molecule has 2 aromatic heterocycles. The quantitative estimate of drug-likeness (QED) is 0.306. The highest BCUT2D eigenvalue weighted by molar-refractivity contribution is 5.85. The van der Waals surface area contributed by atoms with Crippen LogP contribution >= 0.6 is 0 Å². The van der Waals surface area contributed by atoms with Gasteiger partial charge in [-0.2, -0.15) is 23.1 Å². The molecule has 1 aliphatic heterocycles. The molecule has 3 heterocycles. The summed E-state index contributed by atoms with van der Waals surface area (Å²) < 4.78 is 52.3. The number of hydrogen-bond donors (Lipinski definition) is 2. The lowest BCUT2D eigenvalue weighted by Gasteiger charge is -2.18. The molecule has 2 N–H and O–H groups in total. The molecule has 0 unspecified atom stereocenters. The summed E-state index contributed by atoms with van der Waals surface area (Å²) in [5.74, 6) is -0.366. The lowest BCUT2D eigenvalue weighted by atomic mass is 10.1. The van der Waals surface area contributed by atoms with Gasteiger partial charge in [-0.1, -0.05) is 24.3 Å². The van der Waals surface area contributed by atoms with Gasteiger partial charge in [0.2, 0.25) is 5.95 Å². The van der Waals surface area contributed by atoms with E-state index in [1.165, 1.54) is 48.9 Å². The van der Waals surface area contributed by atoms with Crippen LogP contribution < -0.4 is 10.6 Å². The molecule has 11 heteroatoms. The van der Waals surface area contributed by atoms with Crippen LogP contribution in [0.15, 0.2) is 54.7 Å². The first kappa shape index (κ1) is 24.8. The van der Waals surface area contributed by atoms with E-state index in [9.17, 15) is 17.6 Å². The van der Waals surface area contributed by atoms with Gasteiger partial charge in [-0.15, -0.1) is 0 Å². The van der Waals surface area contributed by atoms with Gasteiger partial charge in [0, 0.05) is 18.7 Å². The fourth-order valence-corrected chi connectivity index (χ4v) is 4.29. The van der Waals surface area contributed by atoms with Crippen molar-refractivity contribution in [2.24, 2.45) is 0 Å². The molecule has 0 saturated carbocycles. The molecule has 0 spiro atoms. The van der Waals surface area contributed by atoms with Crippen molar-refractivity contribution in [3.63, 3.8) is 0 Å². The number of anilines is 2. The normalized spacial score (nSPS) is 14.3. The number of likely N-dealkylation sites (tertiary alicyclic amines) is 1. The van der Waals surface area contributed by atoms with Crippen molar-refractivity contribution in [2.45, 2.75) is 32.1 Å². The maximum atomic E-state index is 13.3. The Kier molecular flexibility index (Phi) is 7.13. The molecular formula is C26H25F4N7. The van der Waals surface area contributed by atoms with Crippen molar-refractivity contribution in [1.29, 1.82) is 0 Å². The Morgan fingerprint density at radius 1 is 0.865 bits per heavy atom. The molecule has 0 atom stereocenters. The van der Waals surface area contributed by atoms with Crippen molar-refractivity contribution in [3.05, 3.63) is 71.7 Å². The molecule has 1 saturated heterocycles. The van der Waals surface area contributed by atoms with E-state index in [2.05, 4.69) is 41.5 Å². The standard InChI is InChI=1S/C26H25F4N7/c27-20-9-7-17(8-10-20)21-14-31-23-22(34-21)24(33-16-26(28,29)30)36-25(35-23)32-13-18-5-1-2-6-19(18)15-37-11-3-4-12-37/h1-2,5-10,14H,3-4,11-13,15-16H2,(H2,31,32,33,35,36). The smallest absolute Gasteiger partial charge is 0.359 e. The zero-order chi connectivity index (χ0) is 25.8. The molecule has 2 aromatic carbocycles. The van der Waals surface area contributed by atoms with Gasteiger partial charge in [-0.05, 0) is 61.3 Å². The molecule has 0 aliphatic carbocycles. The van der Waals surface area contributed by atoms with Crippen LogP contribution in [0.1, 0.15) is 24.0 Å². The van der Waals surface area contributed by atoms with Gasteiger partial charge in [0.25, 0.3) is 0 Å². The summed E-state index contributed by atoms with van der Waals surface area (Å²) in [5.41, 5.74) is 3.39. The van der Waals surface area contributed by atoms with Gasteiger partial charge in [0.1, 0.15) is 12.4 Å². The van der Waals surface area contributed by atoms with E-state index >= 15 is 0 Å². The number of aromatic nitrogens is 4. The monoisotopic (exact) mass is 511 g/mol. The number of nitrogens with one attached hydrogen (secondary N) is 2. The fraction of sp³-hybridized carbons (Fsp3) is 0.308. The highest BCUT2D eigenvalue weighted by atomic mass is 19.4. The summed E-state index contributed by atoms with van der Waals surface area (Å²) in [6.45, 7) is 2.09. The van der Waals surface area contributed by atoms with Crippen molar-refractivity contribution in [3.8, 4) is 11.3 Å². The predicted molar refractivity (Wildman–Crippen MR) is 133 cm³/mol. The van der Waals surface area contributed by atoms with Gasteiger partial charge in [0.05, 0.1) is 11.9 Å². The number of alkyl halides is 3. The third-order valence-corrected chi connectivity index (χ3v) is 6.15. The Morgan fingerprint density at radius 3 is 2.32 bits per heavy atom. The molecule has 1 fully saturated rings. The molecule has 0 bridgehead atoms. The first-order valence-electron chi connectivity index (χ1n) is 12.0. The molecule has 5 rings (SSSR count). The second-order valence-electron chi connectivity index (χ2n) is 8.90. The minimum Gasteiger partial charge on any atom is -0.359 e. The van der Waals surface area contributed by atoms with Crippen LogP contribution in [0.4, 0.5) is 29.3 Å². The predicted octanol–water partition coefficient (Wildman–Crippen LogP) is 5.41. The molecule has 0 amide bonds. The van der Waals surface area contributed by atoms with E-state index in [0.717, 1.165) is 25.2 Å². The largest absolute Gasteiger partial charge is 0.405 e. The number of hydrogen-bond acceptors (Lipinski definition) is 7. The third kappa shape index (κ3) is 6.29. The molecule has 4 aromatic rings. The van der Waals surface area contributed by atoms with Crippen LogP contribution in [0.25, 0.3) is 22.4 Å². The van der Waals surface area contributed by atoms with E-state index in [-0.39, 0.29) is 22.9 Å². The average Bonchev–Trinajstić information content (AvgIpc) is 3.40. The lowest BCUT2D eigenvalue weighted by Crippen LogP contribution is -2.22. The minimum atomic E-state index is -4.46. The van der Waals surface area contributed by atoms with E-state index in [0.29, 0.717) is 17.8 Å². The van der Waals surface area contributed by atoms with Gasteiger partial charge in [-0.3, -0.25) is 4.90 Å². The number of fused-ring (bicyclic) bond motifs is 1. The highest BCUT2D eigenvalue weighted by Crippen LogP contribution is 2.26. The number of halogens is 4.